The third-order valence-electron chi connectivity index (χ3n) is 4.84. The zero-order valence-electron chi connectivity index (χ0n) is 11.7. The summed E-state index contributed by atoms with van der Waals surface area (Å²) in [4.78, 5) is 4.74. The highest BCUT2D eigenvalue weighted by molar-refractivity contribution is 6.16. The van der Waals surface area contributed by atoms with Crippen LogP contribution in [-0.2, 0) is 12.4 Å². The Bertz CT molecular complexity index is 591. The summed E-state index contributed by atoms with van der Waals surface area (Å²) in [5, 5.41) is 0. The maximum Gasteiger partial charge on any atom is 0.124 e. The quantitative estimate of drug-likeness (QED) is 0.743. The summed E-state index contributed by atoms with van der Waals surface area (Å²) < 4.78 is 2.36. The Morgan fingerprint density at radius 3 is 2.74 bits per heavy atom. The number of halogens is 1. The van der Waals surface area contributed by atoms with Crippen molar-refractivity contribution in [3.8, 4) is 0 Å². The van der Waals surface area contributed by atoms with E-state index < -0.39 is 0 Å². The Balaban J connectivity index is 2.08. The first-order valence-electron chi connectivity index (χ1n) is 7.20. The van der Waals surface area contributed by atoms with Gasteiger partial charge in [0.1, 0.15) is 5.82 Å². The second-order valence-electron chi connectivity index (χ2n) is 5.90. The SMILES string of the molecule is CCC1(Cn2c(CCl)nc3c(C)cccc32)CCC1. The summed E-state index contributed by atoms with van der Waals surface area (Å²) in [5.41, 5.74) is 4.08. The number of imidazole rings is 1. The number of aromatic nitrogens is 2. The molecule has 0 unspecified atom stereocenters. The second kappa shape index (κ2) is 4.82. The Morgan fingerprint density at radius 2 is 2.16 bits per heavy atom. The Kier molecular flexibility index (Phi) is 3.30. The van der Waals surface area contributed by atoms with Gasteiger partial charge in [-0.2, -0.15) is 0 Å². The van der Waals surface area contributed by atoms with Crippen LogP contribution in [0, 0.1) is 12.3 Å². The van der Waals surface area contributed by atoms with Crippen LogP contribution in [0.1, 0.15) is 44.0 Å². The lowest BCUT2D eigenvalue weighted by molar-refractivity contribution is 0.101. The zero-order valence-corrected chi connectivity index (χ0v) is 12.5. The average molecular weight is 277 g/mol. The van der Waals surface area contributed by atoms with Gasteiger partial charge in [0.05, 0.1) is 16.9 Å². The normalized spacial score (nSPS) is 17.6. The first-order valence-corrected chi connectivity index (χ1v) is 7.73. The Hall–Kier alpha value is -1.02. The fourth-order valence-corrected chi connectivity index (χ4v) is 3.45. The number of rotatable bonds is 4. The van der Waals surface area contributed by atoms with Crippen molar-refractivity contribution in [2.75, 3.05) is 0 Å². The molecule has 1 aromatic heterocycles. The fourth-order valence-electron chi connectivity index (χ4n) is 3.25. The number of nitrogens with zero attached hydrogens (tertiary/aromatic N) is 2. The van der Waals surface area contributed by atoms with Gasteiger partial charge in [-0.15, -0.1) is 11.6 Å². The molecule has 102 valence electrons. The molecule has 3 heteroatoms. The van der Waals surface area contributed by atoms with E-state index in [0.29, 0.717) is 11.3 Å². The third kappa shape index (κ3) is 2.06. The molecule has 1 aliphatic carbocycles. The van der Waals surface area contributed by atoms with Crippen molar-refractivity contribution in [1.82, 2.24) is 9.55 Å². The highest BCUT2D eigenvalue weighted by Crippen LogP contribution is 2.45. The summed E-state index contributed by atoms with van der Waals surface area (Å²) in [5.74, 6) is 1.51. The first kappa shape index (κ1) is 13.0. The molecule has 0 bridgehead atoms. The molecule has 1 fully saturated rings. The molecule has 0 amide bonds. The molecule has 19 heavy (non-hydrogen) atoms. The molecule has 1 saturated carbocycles. The molecule has 0 spiro atoms. The molecule has 3 rings (SSSR count). The van der Waals surface area contributed by atoms with Gasteiger partial charge < -0.3 is 4.57 Å². The first-order chi connectivity index (χ1) is 9.19. The van der Waals surface area contributed by atoms with Crippen LogP contribution in [0.5, 0.6) is 0 Å². The molecular weight excluding hydrogens is 256 g/mol. The highest BCUT2D eigenvalue weighted by Gasteiger charge is 2.36. The van der Waals surface area contributed by atoms with E-state index in [1.165, 1.54) is 36.8 Å². The molecule has 1 heterocycles. The van der Waals surface area contributed by atoms with Gasteiger partial charge in [0.2, 0.25) is 0 Å². The second-order valence-corrected chi connectivity index (χ2v) is 6.16. The molecule has 0 N–H and O–H groups in total. The molecule has 2 aromatic rings. The van der Waals surface area contributed by atoms with Crippen molar-refractivity contribution < 1.29 is 0 Å². The number of benzene rings is 1. The Morgan fingerprint density at radius 1 is 1.37 bits per heavy atom. The fraction of sp³-hybridized carbons (Fsp3) is 0.562. The van der Waals surface area contributed by atoms with Gasteiger partial charge in [0, 0.05) is 6.54 Å². The molecular formula is C16H21ClN2. The summed E-state index contributed by atoms with van der Waals surface area (Å²) >= 11 is 6.11. The summed E-state index contributed by atoms with van der Waals surface area (Å²) in [6, 6.07) is 6.41. The molecule has 0 saturated heterocycles. The number of aryl methyl sites for hydroxylation is 1. The maximum atomic E-state index is 6.11. The molecule has 1 aromatic carbocycles. The summed E-state index contributed by atoms with van der Waals surface area (Å²) in [6.45, 7) is 5.51. The molecule has 0 atom stereocenters. The third-order valence-corrected chi connectivity index (χ3v) is 5.08. The molecule has 1 aliphatic rings. The van der Waals surface area contributed by atoms with Crippen molar-refractivity contribution in [1.29, 1.82) is 0 Å². The highest BCUT2D eigenvalue weighted by atomic mass is 35.5. The standard InChI is InChI=1S/C16H21ClN2/c1-3-16(8-5-9-16)11-19-13-7-4-6-12(2)15(13)18-14(19)10-17/h4,6-7H,3,5,8-11H2,1-2H3. The number of alkyl halides is 1. The van der Waals surface area contributed by atoms with Gasteiger partial charge in [-0.25, -0.2) is 4.98 Å². The zero-order chi connectivity index (χ0) is 13.5. The van der Waals surface area contributed by atoms with Crippen LogP contribution in [0.4, 0.5) is 0 Å². The van der Waals surface area contributed by atoms with Crippen LogP contribution >= 0.6 is 11.6 Å². The van der Waals surface area contributed by atoms with Crippen LogP contribution in [0.2, 0.25) is 0 Å². The van der Waals surface area contributed by atoms with E-state index in [-0.39, 0.29) is 0 Å². The van der Waals surface area contributed by atoms with Gasteiger partial charge in [-0.05, 0) is 43.2 Å². The topological polar surface area (TPSA) is 17.8 Å². The lowest BCUT2D eigenvalue weighted by Crippen LogP contribution is -2.33. The minimum Gasteiger partial charge on any atom is -0.326 e. The van der Waals surface area contributed by atoms with Crippen molar-refractivity contribution in [3.63, 3.8) is 0 Å². The Labute approximate surface area is 119 Å². The molecule has 0 radical (unpaired) electrons. The van der Waals surface area contributed by atoms with Gasteiger partial charge >= 0.3 is 0 Å². The van der Waals surface area contributed by atoms with Crippen LogP contribution in [0.15, 0.2) is 18.2 Å². The number of fused-ring (bicyclic) bond motifs is 1. The van der Waals surface area contributed by atoms with E-state index >= 15 is 0 Å². The predicted octanol–water partition coefficient (Wildman–Crippen LogP) is 4.66. The molecule has 2 nitrogen and oxygen atoms in total. The van der Waals surface area contributed by atoms with E-state index in [0.717, 1.165) is 17.9 Å². The van der Waals surface area contributed by atoms with Gasteiger partial charge in [-0.1, -0.05) is 25.5 Å². The van der Waals surface area contributed by atoms with Crippen molar-refractivity contribution in [2.24, 2.45) is 5.41 Å². The van der Waals surface area contributed by atoms with Crippen molar-refractivity contribution >= 4 is 22.6 Å². The van der Waals surface area contributed by atoms with Gasteiger partial charge in [0.25, 0.3) is 0 Å². The van der Waals surface area contributed by atoms with Crippen molar-refractivity contribution in [3.05, 3.63) is 29.6 Å². The van der Waals surface area contributed by atoms with Gasteiger partial charge in [0.15, 0.2) is 0 Å². The average Bonchev–Trinajstić information content (AvgIpc) is 2.73. The van der Waals surface area contributed by atoms with E-state index in [2.05, 4.69) is 36.6 Å². The smallest absolute Gasteiger partial charge is 0.124 e. The van der Waals surface area contributed by atoms with E-state index in [4.69, 9.17) is 16.6 Å². The van der Waals surface area contributed by atoms with E-state index in [1.54, 1.807) is 0 Å². The lowest BCUT2D eigenvalue weighted by Gasteiger charge is -2.42. The number of hydrogen-bond acceptors (Lipinski definition) is 1. The van der Waals surface area contributed by atoms with E-state index in [9.17, 15) is 0 Å². The minimum absolute atomic E-state index is 0.484. The van der Waals surface area contributed by atoms with Crippen LogP contribution in [-0.4, -0.2) is 9.55 Å². The predicted molar refractivity (Wildman–Crippen MR) is 80.6 cm³/mol. The van der Waals surface area contributed by atoms with Crippen LogP contribution in [0.3, 0.4) is 0 Å². The van der Waals surface area contributed by atoms with Crippen LogP contribution < -0.4 is 0 Å². The van der Waals surface area contributed by atoms with Crippen molar-refractivity contribution in [2.45, 2.75) is 52.0 Å². The maximum absolute atomic E-state index is 6.11. The summed E-state index contributed by atoms with van der Waals surface area (Å²) in [7, 11) is 0. The number of hydrogen-bond donors (Lipinski definition) is 0. The number of para-hydroxylation sites is 1. The van der Waals surface area contributed by atoms with E-state index in [1.807, 2.05) is 0 Å². The van der Waals surface area contributed by atoms with Crippen LogP contribution in [0.25, 0.3) is 11.0 Å². The lowest BCUT2D eigenvalue weighted by atomic mass is 9.67. The monoisotopic (exact) mass is 276 g/mol. The molecule has 0 aliphatic heterocycles. The largest absolute Gasteiger partial charge is 0.326 e. The minimum atomic E-state index is 0.484. The summed E-state index contributed by atoms with van der Waals surface area (Å²) in [6.07, 6.45) is 5.31. The van der Waals surface area contributed by atoms with Gasteiger partial charge in [-0.3, -0.25) is 0 Å².